The number of hydrogen-bond donors (Lipinski definition) is 4. The van der Waals surface area contributed by atoms with Crippen LogP contribution in [0.2, 0.25) is 0 Å². The number of halogens is 1. The lowest BCUT2D eigenvalue weighted by Gasteiger charge is -2.20. The zero-order chi connectivity index (χ0) is 24.3. The van der Waals surface area contributed by atoms with Gasteiger partial charge in [0.2, 0.25) is 5.91 Å². The summed E-state index contributed by atoms with van der Waals surface area (Å²) in [5, 5.41) is 15.5. The number of aliphatic hydroxyl groups excluding tert-OH is 1. The number of aliphatic hydroxyl groups is 1. The van der Waals surface area contributed by atoms with E-state index in [1.54, 1.807) is 24.8 Å². The first-order chi connectivity index (χ1) is 15.7. The van der Waals surface area contributed by atoms with Crippen molar-refractivity contribution in [3.8, 4) is 0 Å². The van der Waals surface area contributed by atoms with Gasteiger partial charge in [0.1, 0.15) is 5.82 Å². The maximum Gasteiger partial charge on any atom is 0.256 e. The van der Waals surface area contributed by atoms with E-state index < -0.39 is 17.8 Å². The molecule has 1 unspecified atom stereocenters. The summed E-state index contributed by atoms with van der Waals surface area (Å²) in [6.07, 6.45) is 0.518. The second-order valence-electron chi connectivity index (χ2n) is 8.00. The van der Waals surface area contributed by atoms with E-state index in [-0.39, 0.29) is 24.8 Å². The van der Waals surface area contributed by atoms with E-state index in [9.17, 15) is 23.9 Å². The molecule has 1 aliphatic rings. The van der Waals surface area contributed by atoms with E-state index in [2.05, 4.69) is 15.6 Å². The molecule has 9 heteroatoms. The Kier molecular flexibility index (Phi) is 7.33. The van der Waals surface area contributed by atoms with Gasteiger partial charge in [-0.25, -0.2) is 4.39 Å². The monoisotopic (exact) mass is 456 g/mol. The summed E-state index contributed by atoms with van der Waals surface area (Å²) < 4.78 is 13.7. The van der Waals surface area contributed by atoms with Crippen molar-refractivity contribution in [1.29, 1.82) is 0 Å². The van der Waals surface area contributed by atoms with Crippen molar-refractivity contribution in [1.82, 2.24) is 15.2 Å². The zero-order valence-electron chi connectivity index (χ0n) is 19.2. The molecule has 0 saturated heterocycles. The minimum Gasteiger partial charge on any atom is -0.391 e. The lowest BCUT2D eigenvalue weighted by atomic mass is 10.0. The molecule has 0 aliphatic carbocycles. The Balaban J connectivity index is 1.74. The molecule has 3 amide bonds. The topological polar surface area (TPSA) is 115 Å². The van der Waals surface area contributed by atoms with Crippen LogP contribution in [-0.4, -0.2) is 58.5 Å². The Hall–Kier alpha value is -3.46. The van der Waals surface area contributed by atoms with Gasteiger partial charge in [0, 0.05) is 42.3 Å². The van der Waals surface area contributed by atoms with E-state index in [1.165, 1.54) is 18.2 Å². The molecule has 0 spiro atoms. The van der Waals surface area contributed by atoms with Crippen molar-refractivity contribution in [2.45, 2.75) is 40.2 Å². The molecule has 2 aromatic rings. The van der Waals surface area contributed by atoms with E-state index >= 15 is 0 Å². The van der Waals surface area contributed by atoms with E-state index in [4.69, 9.17) is 0 Å². The van der Waals surface area contributed by atoms with Crippen LogP contribution < -0.4 is 10.6 Å². The van der Waals surface area contributed by atoms with Crippen molar-refractivity contribution < 1.29 is 23.9 Å². The van der Waals surface area contributed by atoms with Crippen LogP contribution in [0.25, 0.3) is 11.6 Å². The third kappa shape index (κ3) is 5.14. The largest absolute Gasteiger partial charge is 0.391 e. The fourth-order valence-corrected chi connectivity index (χ4v) is 3.99. The van der Waals surface area contributed by atoms with Gasteiger partial charge in [-0.05, 0) is 57.5 Å². The van der Waals surface area contributed by atoms with Gasteiger partial charge >= 0.3 is 0 Å². The average molecular weight is 457 g/mol. The van der Waals surface area contributed by atoms with Crippen LogP contribution in [0.4, 0.5) is 10.1 Å². The predicted octanol–water partition coefficient (Wildman–Crippen LogP) is 2.61. The van der Waals surface area contributed by atoms with Gasteiger partial charge in [-0.3, -0.25) is 14.4 Å². The molecule has 0 bridgehead atoms. The molecule has 0 saturated carbocycles. The number of hydrogen-bond acceptors (Lipinski definition) is 4. The Labute approximate surface area is 191 Å². The molecule has 33 heavy (non-hydrogen) atoms. The van der Waals surface area contributed by atoms with Crippen molar-refractivity contribution in [2.75, 3.05) is 25.0 Å². The highest BCUT2D eigenvalue weighted by molar-refractivity contribution is 6.34. The molecule has 8 nitrogen and oxygen atoms in total. The van der Waals surface area contributed by atoms with Crippen LogP contribution in [0.1, 0.15) is 53.1 Å². The normalized spacial score (nSPS) is 14.7. The van der Waals surface area contributed by atoms with Crippen LogP contribution in [0.3, 0.4) is 0 Å². The minimum atomic E-state index is -1.00. The molecule has 1 aromatic carbocycles. The number of aromatic amines is 1. The zero-order valence-corrected chi connectivity index (χ0v) is 19.2. The lowest BCUT2D eigenvalue weighted by molar-refractivity contribution is -0.132. The molecule has 176 valence electrons. The van der Waals surface area contributed by atoms with E-state index in [0.717, 1.165) is 0 Å². The summed E-state index contributed by atoms with van der Waals surface area (Å²) in [6.45, 7) is 8.25. The average Bonchev–Trinajstić information content (AvgIpc) is 3.22. The number of rotatable bonds is 8. The fraction of sp³-hybridized carbons (Fsp3) is 0.375. The van der Waals surface area contributed by atoms with Gasteiger partial charge in [-0.1, -0.05) is 0 Å². The first-order valence-corrected chi connectivity index (χ1v) is 10.9. The van der Waals surface area contributed by atoms with Crippen LogP contribution in [0, 0.1) is 19.7 Å². The van der Waals surface area contributed by atoms with Gasteiger partial charge < -0.3 is 25.6 Å². The SMILES string of the molecule is CCN(CC)C(=O)CC(O)CNC(=O)c1c(C)[nH]c(/C=C2\C(=O)Nc3ccc(F)cc32)c1C. The van der Waals surface area contributed by atoms with Gasteiger partial charge in [-0.2, -0.15) is 0 Å². The Morgan fingerprint density at radius 3 is 2.61 bits per heavy atom. The van der Waals surface area contributed by atoms with Gasteiger partial charge in [-0.15, -0.1) is 0 Å². The summed E-state index contributed by atoms with van der Waals surface area (Å²) in [5.74, 6) is -1.37. The van der Waals surface area contributed by atoms with Crippen molar-refractivity contribution in [3.63, 3.8) is 0 Å². The van der Waals surface area contributed by atoms with Crippen LogP contribution in [-0.2, 0) is 9.59 Å². The van der Waals surface area contributed by atoms with Gasteiger partial charge in [0.15, 0.2) is 0 Å². The third-order valence-corrected chi connectivity index (χ3v) is 5.78. The highest BCUT2D eigenvalue weighted by Crippen LogP contribution is 2.34. The number of amides is 3. The Morgan fingerprint density at radius 2 is 1.94 bits per heavy atom. The molecule has 2 heterocycles. The highest BCUT2D eigenvalue weighted by Gasteiger charge is 2.26. The van der Waals surface area contributed by atoms with Crippen molar-refractivity contribution in [2.24, 2.45) is 0 Å². The maximum atomic E-state index is 13.7. The van der Waals surface area contributed by atoms with E-state index in [0.29, 0.717) is 52.4 Å². The number of nitrogens with zero attached hydrogens (tertiary/aromatic N) is 1. The van der Waals surface area contributed by atoms with Crippen molar-refractivity contribution in [3.05, 3.63) is 52.1 Å². The van der Waals surface area contributed by atoms with Crippen LogP contribution in [0.5, 0.6) is 0 Å². The Morgan fingerprint density at radius 1 is 1.24 bits per heavy atom. The number of anilines is 1. The summed E-state index contributed by atoms with van der Waals surface area (Å²) in [4.78, 5) is 42.0. The molecule has 0 radical (unpaired) electrons. The maximum absolute atomic E-state index is 13.7. The number of aromatic nitrogens is 1. The summed E-state index contributed by atoms with van der Waals surface area (Å²) >= 11 is 0. The third-order valence-electron chi connectivity index (χ3n) is 5.78. The second-order valence-corrected chi connectivity index (χ2v) is 8.00. The number of benzene rings is 1. The number of H-pyrrole nitrogens is 1. The number of nitrogens with one attached hydrogen (secondary N) is 3. The smallest absolute Gasteiger partial charge is 0.256 e. The first-order valence-electron chi connectivity index (χ1n) is 10.9. The quantitative estimate of drug-likeness (QED) is 0.457. The lowest BCUT2D eigenvalue weighted by Crippen LogP contribution is -2.38. The summed E-state index contributed by atoms with van der Waals surface area (Å²) in [5.41, 5.74) is 3.43. The summed E-state index contributed by atoms with van der Waals surface area (Å²) in [7, 11) is 0. The molecule has 1 atom stereocenters. The predicted molar refractivity (Wildman–Crippen MR) is 124 cm³/mol. The standard InChI is InChI=1S/C24H29FN4O4/c1-5-29(6-2)21(31)10-16(30)12-26-24(33)22-13(3)20(27-14(22)4)11-18-17-9-15(25)7-8-19(17)28-23(18)32/h7-9,11,16,27,30H,5-6,10,12H2,1-4H3,(H,26,33)(H,28,32)/b18-11-. The molecule has 4 N–H and O–H groups in total. The molecular formula is C24H29FN4O4. The number of carbonyl (C=O) groups excluding carboxylic acids is 3. The van der Waals surface area contributed by atoms with Gasteiger partial charge in [0.05, 0.1) is 23.7 Å². The Bertz CT molecular complexity index is 1120. The number of carbonyl (C=O) groups is 3. The summed E-state index contributed by atoms with van der Waals surface area (Å²) in [6, 6.07) is 4.07. The van der Waals surface area contributed by atoms with E-state index in [1.807, 2.05) is 13.8 Å². The molecule has 1 aromatic heterocycles. The number of aryl methyl sites for hydroxylation is 1. The fourth-order valence-electron chi connectivity index (χ4n) is 3.99. The molecule has 1 aliphatic heterocycles. The molecule has 3 rings (SSSR count). The number of fused-ring (bicyclic) bond motifs is 1. The molecular weight excluding hydrogens is 427 g/mol. The minimum absolute atomic E-state index is 0.0681. The van der Waals surface area contributed by atoms with Crippen LogP contribution >= 0.6 is 0 Å². The van der Waals surface area contributed by atoms with Crippen molar-refractivity contribution >= 4 is 35.1 Å². The first kappa shape index (κ1) is 24.2. The molecule has 0 fully saturated rings. The second kappa shape index (κ2) is 9.99. The highest BCUT2D eigenvalue weighted by atomic mass is 19.1. The van der Waals surface area contributed by atoms with Crippen LogP contribution in [0.15, 0.2) is 18.2 Å². The van der Waals surface area contributed by atoms with Gasteiger partial charge in [0.25, 0.3) is 11.8 Å².